The summed E-state index contributed by atoms with van der Waals surface area (Å²) in [6.07, 6.45) is 4.96. The molecule has 1 aliphatic heterocycles. The molecular weight excluding hydrogens is 423 g/mol. The number of carbonyl (C=O) groups is 1. The Morgan fingerprint density at radius 1 is 1.15 bits per heavy atom. The number of hydrogen-bond acceptors (Lipinski definition) is 7. The van der Waals surface area contributed by atoms with Gasteiger partial charge in [0.05, 0.1) is 16.5 Å². The lowest BCUT2D eigenvalue weighted by atomic mass is 10.1. The quantitative estimate of drug-likeness (QED) is 0.497. The normalized spacial score (nSPS) is 18.8. The Morgan fingerprint density at radius 3 is 2.67 bits per heavy atom. The fourth-order valence-electron chi connectivity index (χ4n) is 4.50. The molecule has 33 heavy (non-hydrogen) atoms. The second-order valence-electron chi connectivity index (χ2n) is 8.70. The lowest BCUT2D eigenvalue weighted by molar-refractivity contribution is 0.102. The molecule has 0 saturated carbocycles. The lowest BCUT2D eigenvalue weighted by Crippen LogP contribution is -2.54. The van der Waals surface area contributed by atoms with Crippen molar-refractivity contribution in [2.45, 2.75) is 32.9 Å². The summed E-state index contributed by atoms with van der Waals surface area (Å²) in [6.45, 7) is 7.62. The zero-order valence-electron chi connectivity index (χ0n) is 18.9. The number of pyridine rings is 1. The van der Waals surface area contributed by atoms with E-state index in [4.69, 9.17) is 0 Å². The molecule has 2 N–H and O–H groups in total. The number of amides is 1. The third-order valence-electron chi connectivity index (χ3n) is 5.76. The first-order valence-electron chi connectivity index (χ1n) is 10.9. The van der Waals surface area contributed by atoms with Crippen molar-refractivity contribution in [2.24, 2.45) is 7.05 Å². The van der Waals surface area contributed by atoms with Crippen molar-refractivity contribution in [3.63, 3.8) is 0 Å². The molecule has 0 spiro atoms. The van der Waals surface area contributed by atoms with Gasteiger partial charge in [-0.05, 0) is 32.9 Å². The summed E-state index contributed by atoms with van der Waals surface area (Å²) in [5, 5.41) is 11.7. The van der Waals surface area contributed by atoms with Crippen LogP contribution in [0.4, 0.5) is 15.9 Å². The maximum atomic E-state index is 14.5. The van der Waals surface area contributed by atoms with Gasteiger partial charge in [0, 0.05) is 61.9 Å². The predicted molar refractivity (Wildman–Crippen MR) is 125 cm³/mol. The molecule has 5 rings (SSSR count). The molecule has 2 atom stereocenters. The van der Waals surface area contributed by atoms with Gasteiger partial charge in [0.25, 0.3) is 5.91 Å². The minimum absolute atomic E-state index is 0.259. The summed E-state index contributed by atoms with van der Waals surface area (Å²) in [6, 6.07) is 3.56. The molecule has 4 heterocycles. The number of nitrogens with one attached hydrogen (secondary N) is 2. The van der Waals surface area contributed by atoms with Gasteiger partial charge in [-0.3, -0.25) is 9.48 Å². The molecule has 10 heteroatoms. The van der Waals surface area contributed by atoms with Gasteiger partial charge in [-0.15, -0.1) is 0 Å². The molecule has 0 radical (unpaired) electrons. The Labute approximate surface area is 190 Å². The number of piperazine rings is 1. The molecule has 0 bridgehead atoms. The highest BCUT2D eigenvalue weighted by molar-refractivity contribution is 6.13. The van der Waals surface area contributed by atoms with Crippen LogP contribution < -0.4 is 15.5 Å². The van der Waals surface area contributed by atoms with Crippen LogP contribution in [0.5, 0.6) is 0 Å². The van der Waals surface area contributed by atoms with Crippen LogP contribution in [-0.4, -0.2) is 55.8 Å². The Balaban J connectivity index is 1.53. The highest BCUT2D eigenvalue weighted by atomic mass is 19.1. The van der Waals surface area contributed by atoms with Gasteiger partial charge in [-0.25, -0.2) is 19.3 Å². The van der Waals surface area contributed by atoms with Gasteiger partial charge < -0.3 is 15.5 Å². The summed E-state index contributed by atoms with van der Waals surface area (Å²) in [7, 11) is 1.72. The molecule has 1 saturated heterocycles. The third-order valence-corrected chi connectivity index (χ3v) is 5.76. The molecular formula is C23H25FN8O. The van der Waals surface area contributed by atoms with E-state index < -0.39 is 11.7 Å². The monoisotopic (exact) mass is 448 g/mol. The van der Waals surface area contributed by atoms with Crippen LogP contribution in [0, 0.1) is 12.7 Å². The fraction of sp³-hybridized carbons (Fsp3) is 0.348. The number of rotatable bonds is 3. The van der Waals surface area contributed by atoms with Crippen LogP contribution in [0.2, 0.25) is 0 Å². The number of halogens is 1. The zero-order valence-corrected chi connectivity index (χ0v) is 18.9. The topological polar surface area (TPSA) is 101 Å². The van der Waals surface area contributed by atoms with Crippen molar-refractivity contribution in [3.8, 4) is 0 Å². The Kier molecular flexibility index (Phi) is 5.16. The third kappa shape index (κ3) is 3.97. The van der Waals surface area contributed by atoms with Crippen molar-refractivity contribution >= 4 is 39.2 Å². The van der Waals surface area contributed by atoms with Gasteiger partial charge in [0.15, 0.2) is 5.82 Å². The highest BCUT2D eigenvalue weighted by Gasteiger charge is 2.25. The fourth-order valence-corrected chi connectivity index (χ4v) is 4.50. The number of benzene rings is 1. The molecule has 1 aromatic carbocycles. The van der Waals surface area contributed by atoms with Crippen molar-refractivity contribution in [3.05, 3.63) is 47.9 Å². The number of nitrogens with zero attached hydrogens (tertiary/aromatic N) is 6. The smallest absolute Gasteiger partial charge is 0.259 e. The number of aromatic nitrogens is 5. The SMILES string of the molecule is Cc1ncc2c(N3C[C@H](C)N[C@@H](C)C3)ncc(C(=O)Nc3cc(F)c4nn(C)cc4c3)c2n1. The van der Waals surface area contributed by atoms with E-state index in [9.17, 15) is 9.18 Å². The van der Waals surface area contributed by atoms with Crippen LogP contribution in [-0.2, 0) is 7.05 Å². The number of anilines is 2. The van der Waals surface area contributed by atoms with E-state index in [1.807, 2.05) is 0 Å². The predicted octanol–water partition coefficient (Wildman–Crippen LogP) is 2.80. The van der Waals surface area contributed by atoms with Crippen LogP contribution >= 0.6 is 0 Å². The highest BCUT2D eigenvalue weighted by Crippen LogP contribution is 2.28. The summed E-state index contributed by atoms with van der Waals surface area (Å²) < 4.78 is 16.0. The summed E-state index contributed by atoms with van der Waals surface area (Å²) >= 11 is 0. The molecule has 3 aromatic heterocycles. The molecule has 1 aliphatic rings. The first-order valence-corrected chi connectivity index (χ1v) is 10.9. The van der Waals surface area contributed by atoms with E-state index >= 15 is 0 Å². The van der Waals surface area contributed by atoms with E-state index in [0.717, 1.165) is 18.9 Å². The van der Waals surface area contributed by atoms with Crippen molar-refractivity contribution in [2.75, 3.05) is 23.3 Å². The minimum atomic E-state index is -0.498. The zero-order chi connectivity index (χ0) is 23.3. The number of aryl methyl sites for hydroxylation is 2. The Hall–Kier alpha value is -3.66. The Bertz CT molecular complexity index is 1370. The van der Waals surface area contributed by atoms with E-state index in [2.05, 4.69) is 49.4 Å². The molecule has 4 aromatic rings. The summed E-state index contributed by atoms with van der Waals surface area (Å²) in [5.74, 6) is 0.395. The second-order valence-corrected chi connectivity index (χ2v) is 8.70. The first kappa shape index (κ1) is 21.2. The molecule has 9 nitrogen and oxygen atoms in total. The maximum Gasteiger partial charge on any atom is 0.259 e. The van der Waals surface area contributed by atoms with E-state index in [-0.39, 0.29) is 5.52 Å². The van der Waals surface area contributed by atoms with E-state index in [1.165, 1.54) is 16.9 Å². The average Bonchev–Trinajstić information content (AvgIpc) is 3.12. The van der Waals surface area contributed by atoms with E-state index in [0.29, 0.717) is 45.4 Å². The molecule has 0 unspecified atom stereocenters. The number of carbonyl (C=O) groups excluding carboxylic acids is 1. The molecule has 170 valence electrons. The van der Waals surface area contributed by atoms with Crippen LogP contribution in [0.1, 0.15) is 30.0 Å². The molecule has 0 aliphatic carbocycles. The average molecular weight is 449 g/mol. The standard InChI is InChI=1S/C23H25FN8O/c1-12-9-32(10-13(2)27-12)22-17-7-25-14(3)28-21(17)18(8-26-22)23(33)29-16-5-15-11-31(4)30-20(15)19(24)6-16/h5-8,11-13,27H,9-10H2,1-4H3,(H,29,33)/t12-,13-/m0/s1. The van der Waals surface area contributed by atoms with Crippen LogP contribution in [0.25, 0.3) is 21.8 Å². The van der Waals surface area contributed by atoms with Crippen LogP contribution in [0.15, 0.2) is 30.7 Å². The van der Waals surface area contributed by atoms with Crippen molar-refractivity contribution in [1.29, 1.82) is 0 Å². The van der Waals surface area contributed by atoms with E-state index in [1.54, 1.807) is 32.4 Å². The largest absolute Gasteiger partial charge is 0.353 e. The number of hydrogen-bond donors (Lipinski definition) is 2. The van der Waals surface area contributed by atoms with Gasteiger partial charge in [-0.1, -0.05) is 0 Å². The Morgan fingerprint density at radius 2 is 1.91 bits per heavy atom. The van der Waals surface area contributed by atoms with Crippen molar-refractivity contribution < 1.29 is 9.18 Å². The second kappa shape index (κ2) is 8.04. The summed E-state index contributed by atoms with van der Waals surface area (Å²) in [5.41, 5.74) is 1.43. The van der Waals surface area contributed by atoms with Gasteiger partial charge in [-0.2, -0.15) is 5.10 Å². The van der Waals surface area contributed by atoms with Gasteiger partial charge in [0.2, 0.25) is 0 Å². The summed E-state index contributed by atoms with van der Waals surface area (Å²) in [4.78, 5) is 28.9. The number of fused-ring (bicyclic) bond motifs is 2. The van der Waals surface area contributed by atoms with Gasteiger partial charge >= 0.3 is 0 Å². The lowest BCUT2D eigenvalue weighted by Gasteiger charge is -2.37. The first-order chi connectivity index (χ1) is 15.8. The van der Waals surface area contributed by atoms with Crippen molar-refractivity contribution in [1.82, 2.24) is 30.0 Å². The molecule has 1 amide bonds. The molecule has 1 fully saturated rings. The maximum absolute atomic E-state index is 14.5. The van der Waals surface area contributed by atoms with Crippen LogP contribution in [0.3, 0.4) is 0 Å². The minimum Gasteiger partial charge on any atom is -0.353 e. The van der Waals surface area contributed by atoms with Gasteiger partial charge in [0.1, 0.15) is 17.2 Å².